The van der Waals surface area contributed by atoms with Gasteiger partial charge in [-0.3, -0.25) is 4.79 Å². The highest BCUT2D eigenvalue weighted by Gasteiger charge is 2.38. The molecule has 0 spiro atoms. The average molecular weight is 204 g/mol. The zero-order valence-corrected chi connectivity index (χ0v) is 8.60. The van der Waals surface area contributed by atoms with Gasteiger partial charge in [-0.1, -0.05) is 0 Å². The van der Waals surface area contributed by atoms with Crippen molar-refractivity contribution in [3.63, 3.8) is 0 Å². The van der Waals surface area contributed by atoms with Crippen LogP contribution in [0.4, 0.5) is 0 Å². The summed E-state index contributed by atoms with van der Waals surface area (Å²) < 4.78 is 15.2. The second-order valence-electron chi connectivity index (χ2n) is 3.42. The van der Waals surface area contributed by atoms with Gasteiger partial charge in [0.05, 0.1) is 6.10 Å². The molecule has 5 heteroatoms. The molecule has 1 N–H and O–H groups in total. The molecule has 1 aliphatic rings. The van der Waals surface area contributed by atoms with Gasteiger partial charge < -0.3 is 19.3 Å². The summed E-state index contributed by atoms with van der Waals surface area (Å²) in [4.78, 5) is 10.7. The minimum absolute atomic E-state index is 0.0901. The largest absolute Gasteiger partial charge is 0.459 e. The number of hydrogen-bond donors (Lipinski definition) is 1. The van der Waals surface area contributed by atoms with Gasteiger partial charge in [0.2, 0.25) is 0 Å². The summed E-state index contributed by atoms with van der Waals surface area (Å²) in [7, 11) is 1.44. The van der Waals surface area contributed by atoms with Crippen LogP contribution in [0.2, 0.25) is 0 Å². The Balaban J connectivity index is 2.59. The Kier molecular flexibility index (Phi) is 3.86. The summed E-state index contributed by atoms with van der Waals surface area (Å²) in [5, 5.41) is 9.67. The van der Waals surface area contributed by atoms with Crippen LogP contribution < -0.4 is 0 Å². The Bertz CT molecular complexity index is 205. The van der Waals surface area contributed by atoms with E-state index in [2.05, 4.69) is 0 Å². The molecule has 1 fully saturated rings. The molecule has 5 nitrogen and oxygen atoms in total. The van der Waals surface area contributed by atoms with E-state index in [0.717, 1.165) is 0 Å². The molecule has 0 aromatic carbocycles. The van der Waals surface area contributed by atoms with Crippen molar-refractivity contribution in [2.75, 3.05) is 7.11 Å². The Morgan fingerprint density at radius 3 is 2.71 bits per heavy atom. The number of rotatable bonds is 2. The Morgan fingerprint density at radius 2 is 2.21 bits per heavy atom. The van der Waals surface area contributed by atoms with Crippen molar-refractivity contribution in [1.82, 2.24) is 0 Å². The lowest BCUT2D eigenvalue weighted by Gasteiger charge is -2.36. The molecular weight excluding hydrogens is 188 g/mol. The number of aliphatic hydroxyl groups is 1. The van der Waals surface area contributed by atoms with Crippen LogP contribution in [-0.4, -0.2) is 42.8 Å². The molecule has 1 aliphatic heterocycles. The number of aliphatic hydroxyl groups excluding tert-OH is 1. The Hall–Kier alpha value is -0.650. The minimum atomic E-state index is -0.917. The number of carbonyl (C=O) groups is 1. The fraction of sp³-hybridized carbons (Fsp3) is 0.889. The standard InChI is InChI=1S/C9H16O5/c1-5-4-7(14-6(2)10)8(11)9(12-3)13-5/h5,7-9,11H,4H2,1-3H3/t5-,7+,8-,9+/m1/s1. The predicted molar refractivity (Wildman–Crippen MR) is 47.5 cm³/mol. The lowest BCUT2D eigenvalue weighted by atomic mass is 10.0. The van der Waals surface area contributed by atoms with E-state index in [0.29, 0.717) is 6.42 Å². The molecule has 0 bridgehead atoms. The van der Waals surface area contributed by atoms with Gasteiger partial charge in [-0.15, -0.1) is 0 Å². The van der Waals surface area contributed by atoms with Crippen molar-refractivity contribution in [3.8, 4) is 0 Å². The van der Waals surface area contributed by atoms with Crippen LogP contribution in [-0.2, 0) is 19.0 Å². The SMILES string of the molecule is CO[C@H]1O[C@H](C)C[C@H](OC(C)=O)[C@H]1O. The van der Waals surface area contributed by atoms with Crippen LogP contribution in [0.5, 0.6) is 0 Å². The third kappa shape index (κ3) is 2.67. The van der Waals surface area contributed by atoms with Gasteiger partial charge in [-0.2, -0.15) is 0 Å². The molecule has 4 atom stereocenters. The Morgan fingerprint density at radius 1 is 1.57 bits per heavy atom. The number of ether oxygens (including phenoxy) is 3. The predicted octanol–water partition coefficient (Wildman–Crippen LogP) is 0.0603. The van der Waals surface area contributed by atoms with Gasteiger partial charge in [0, 0.05) is 20.5 Å². The third-order valence-electron chi connectivity index (χ3n) is 2.14. The summed E-state index contributed by atoms with van der Waals surface area (Å²) in [5.41, 5.74) is 0. The van der Waals surface area contributed by atoms with Gasteiger partial charge in [0.1, 0.15) is 12.2 Å². The van der Waals surface area contributed by atoms with E-state index >= 15 is 0 Å². The second kappa shape index (κ2) is 4.72. The summed E-state index contributed by atoms with van der Waals surface area (Å²) in [5.74, 6) is -0.405. The molecule has 0 unspecified atom stereocenters. The summed E-state index contributed by atoms with van der Waals surface area (Å²) in [6, 6.07) is 0. The zero-order valence-electron chi connectivity index (χ0n) is 8.60. The van der Waals surface area contributed by atoms with Gasteiger partial charge in [0.25, 0.3) is 0 Å². The molecule has 0 saturated carbocycles. The third-order valence-corrected chi connectivity index (χ3v) is 2.14. The van der Waals surface area contributed by atoms with Crippen LogP contribution >= 0.6 is 0 Å². The highest BCUT2D eigenvalue weighted by molar-refractivity contribution is 5.66. The molecule has 0 aliphatic carbocycles. The smallest absolute Gasteiger partial charge is 0.302 e. The van der Waals surface area contributed by atoms with E-state index < -0.39 is 24.5 Å². The van der Waals surface area contributed by atoms with Crippen LogP contribution in [0.3, 0.4) is 0 Å². The fourth-order valence-electron chi connectivity index (χ4n) is 1.53. The first kappa shape index (κ1) is 11.4. The highest BCUT2D eigenvalue weighted by Crippen LogP contribution is 2.22. The number of hydrogen-bond acceptors (Lipinski definition) is 5. The zero-order chi connectivity index (χ0) is 10.7. The van der Waals surface area contributed by atoms with Crippen molar-refractivity contribution in [2.24, 2.45) is 0 Å². The lowest BCUT2D eigenvalue weighted by molar-refractivity contribution is -0.258. The maximum atomic E-state index is 10.7. The van der Waals surface area contributed by atoms with Crippen LogP contribution in [0, 0.1) is 0 Å². The first-order valence-corrected chi connectivity index (χ1v) is 4.58. The molecule has 1 rings (SSSR count). The van der Waals surface area contributed by atoms with Gasteiger partial charge in [-0.05, 0) is 6.92 Å². The van der Waals surface area contributed by atoms with Gasteiger partial charge in [-0.25, -0.2) is 0 Å². The molecule has 0 aromatic heterocycles. The minimum Gasteiger partial charge on any atom is -0.459 e. The van der Waals surface area contributed by atoms with Crippen molar-refractivity contribution in [2.45, 2.75) is 44.9 Å². The average Bonchev–Trinajstić information content (AvgIpc) is 2.09. The number of methoxy groups -OCH3 is 1. The molecule has 1 saturated heterocycles. The maximum Gasteiger partial charge on any atom is 0.302 e. The van der Waals surface area contributed by atoms with Crippen molar-refractivity contribution >= 4 is 5.97 Å². The van der Waals surface area contributed by atoms with Crippen LogP contribution in [0.1, 0.15) is 20.3 Å². The van der Waals surface area contributed by atoms with Crippen LogP contribution in [0.25, 0.3) is 0 Å². The molecule has 0 aromatic rings. The second-order valence-corrected chi connectivity index (χ2v) is 3.42. The molecule has 0 radical (unpaired) electrons. The quantitative estimate of drug-likeness (QED) is 0.644. The molecular formula is C9H16O5. The van der Waals surface area contributed by atoms with E-state index in [1.54, 1.807) is 0 Å². The molecule has 82 valence electrons. The first-order chi connectivity index (χ1) is 6.54. The molecule has 1 heterocycles. The number of carbonyl (C=O) groups excluding carboxylic acids is 1. The summed E-state index contributed by atoms with van der Waals surface area (Å²) in [6.07, 6.45) is -1.78. The lowest BCUT2D eigenvalue weighted by Crippen LogP contribution is -2.49. The van der Waals surface area contributed by atoms with E-state index in [4.69, 9.17) is 14.2 Å². The first-order valence-electron chi connectivity index (χ1n) is 4.58. The normalized spacial score (nSPS) is 38.0. The van der Waals surface area contributed by atoms with Gasteiger partial charge >= 0.3 is 5.97 Å². The highest BCUT2D eigenvalue weighted by atomic mass is 16.7. The number of esters is 1. The maximum absolute atomic E-state index is 10.7. The molecule has 14 heavy (non-hydrogen) atoms. The van der Waals surface area contributed by atoms with Crippen molar-refractivity contribution in [3.05, 3.63) is 0 Å². The fourth-order valence-corrected chi connectivity index (χ4v) is 1.53. The van der Waals surface area contributed by atoms with Crippen LogP contribution in [0.15, 0.2) is 0 Å². The van der Waals surface area contributed by atoms with Crippen molar-refractivity contribution < 1.29 is 24.1 Å². The van der Waals surface area contributed by atoms with E-state index in [9.17, 15) is 9.90 Å². The van der Waals surface area contributed by atoms with E-state index in [1.165, 1.54) is 14.0 Å². The molecule has 0 amide bonds. The summed E-state index contributed by atoms with van der Waals surface area (Å²) >= 11 is 0. The topological polar surface area (TPSA) is 65.0 Å². The summed E-state index contributed by atoms with van der Waals surface area (Å²) in [6.45, 7) is 3.16. The van der Waals surface area contributed by atoms with Crippen molar-refractivity contribution in [1.29, 1.82) is 0 Å². The van der Waals surface area contributed by atoms with E-state index in [-0.39, 0.29) is 6.10 Å². The monoisotopic (exact) mass is 204 g/mol. The Labute approximate surface area is 82.9 Å². The van der Waals surface area contributed by atoms with E-state index in [1.807, 2.05) is 6.92 Å². The van der Waals surface area contributed by atoms with Gasteiger partial charge in [0.15, 0.2) is 6.29 Å².